The van der Waals surface area contributed by atoms with Gasteiger partial charge in [-0.2, -0.15) is 0 Å². The highest BCUT2D eigenvalue weighted by Crippen LogP contribution is 2.27. The molecular weight excluding hydrogens is 394 g/mol. The average Bonchev–Trinajstić information content (AvgIpc) is 3.08. The lowest BCUT2D eigenvalue weighted by Gasteiger charge is -2.12. The van der Waals surface area contributed by atoms with Gasteiger partial charge in [0.25, 0.3) is 5.91 Å². The molecule has 0 bridgehead atoms. The molecule has 1 amide bonds. The van der Waals surface area contributed by atoms with E-state index >= 15 is 0 Å². The lowest BCUT2D eigenvalue weighted by molar-refractivity contribution is 0.102. The van der Waals surface area contributed by atoms with Gasteiger partial charge in [-0.25, -0.2) is 0 Å². The molecule has 3 rings (SSSR count). The third-order valence-electron chi connectivity index (χ3n) is 4.22. The largest absolute Gasteiger partial charge is 0.378 e. The highest BCUT2D eigenvalue weighted by molar-refractivity contribution is 7.98. The molecule has 0 saturated heterocycles. The van der Waals surface area contributed by atoms with Gasteiger partial charge in [-0.05, 0) is 42.8 Å². The Balaban J connectivity index is 1.71. The molecule has 0 unspecified atom stereocenters. The maximum atomic E-state index is 12.6. The highest BCUT2D eigenvalue weighted by atomic mass is 35.5. The van der Waals surface area contributed by atoms with Crippen LogP contribution < -0.4 is 10.2 Å². The van der Waals surface area contributed by atoms with Crippen LogP contribution in [0.25, 0.3) is 0 Å². The van der Waals surface area contributed by atoms with Crippen molar-refractivity contribution in [1.82, 2.24) is 14.8 Å². The highest BCUT2D eigenvalue weighted by Gasteiger charge is 2.15. The molecule has 3 aromatic rings. The van der Waals surface area contributed by atoms with Crippen molar-refractivity contribution in [3.63, 3.8) is 0 Å². The smallest absolute Gasteiger partial charge is 0.258 e. The van der Waals surface area contributed by atoms with E-state index in [9.17, 15) is 4.79 Å². The second kappa shape index (κ2) is 9.12. The van der Waals surface area contributed by atoms with Gasteiger partial charge >= 0.3 is 0 Å². The third kappa shape index (κ3) is 4.66. The molecule has 8 heteroatoms. The standard InChI is InChI=1S/C20H22ClN5OS/c1-4-26-19(22-18(27)14-9-11-16(12-10-14)25(2)3)23-24-20(26)28-13-15-7-5-6-8-17(15)21/h5-12H,4,13H2,1-3H3,(H,22,23,27). The molecule has 1 heterocycles. The van der Waals surface area contributed by atoms with E-state index < -0.39 is 0 Å². The van der Waals surface area contributed by atoms with Crippen molar-refractivity contribution in [1.29, 1.82) is 0 Å². The van der Waals surface area contributed by atoms with E-state index in [1.54, 1.807) is 12.1 Å². The Morgan fingerprint density at radius 2 is 1.86 bits per heavy atom. The number of carbonyl (C=O) groups is 1. The number of hydrogen-bond donors (Lipinski definition) is 1. The number of benzene rings is 2. The van der Waals surface area contributed by atoms with Crippen molar-refractivity contribution in [3.8, 4) is 0 Å². The van der Waals surface area contributed by atoms with Gasteiger partial charge < -0.3 is 4.90 Å². The van der Waals surface area contributed by atoms with E-state index in [2.05, 4.69) is 15.5 Å². The first-order valence-electron chi connectivity index (χ1n) is 8.87. The minimum Gasteiger partial charge on any atom is -0.378 e. The summed E-state index contributed by atoms with van der Waals surface area (Å²) in [5.41, 5.74) is 2.64. The number of anilines is 2. The van der Waals surface area contributed by atoms with E-state index in [1.807, 2.05) is 66.9 Å². The molecule has 0 spiro atoms. The molecule has 0 aliphatic carbocycles. The molecule has 0 aliphatic heterocycles. The number of hydrogen-bond acceptors (Lipinski definition) is 5. The van der Waals surface area contributed by atoms with Crippen LogP contribution in [0.2, 0.25) is 5.02 Å². The zero-order valence-corrected chi connectivity index (χ0v) is 17.6. The number of halogens is 1. The van der Waals surface area contributed by atoms with Crippen LogP contribution in [0.3, 0.4) is 0 Å². The second-order valence-corrected chi connectivity index (χ2v) is 7.68. The first kappa shape index (κ1) is 20.2. The Kier molecular flexibility index (Phi) is 6.59. The summed E-state index contributed by atoms with van der Waals surface area (Å²) in [6, 6.07) is 15.1. The van der Waals surface area contributed by atoms with Crippen LogP contribution in [0, 0.1) is 0 Å². The van der Waals surface area contributed by atoms with E-state index in [1.165, 1.54) is 11.8 Å². The van der Waals surface area contributed by atoms with Crippen LogP contribution in [-0.2, 0) is 12.3 Å². The Morgan fingerprint density at radius 1 is 1.14 bits per heavy atom. The van der Waals surface area contributed by atoms with Gasteiger partial charge in [-0.3, -0.25) is 14.7 Å². The Labute approximate surface area is 173 Å². The molecule has 1 N–H and O–H groups in total. The molecule has 28 heavy (non-hydrogen) atoms. The van der Waals surface area contributed by atoms with E-state index in [4.69, 9.17) is 11.6 Å². The number of nitrogens with zero attached hydrogens (tertiary/aromatic N) is 4. The van der Waals surface area contributed by atoms with Crippen LogP contribution in [0.5, 0.6) is 0 Å². The van der Waals surface area contributed by atoms with E-state index in [0.29, 0.717) is 23.8 Å². The lowest BCUT2D eigenvalue weighted by atomic mass is 10.2. The average molecular weight is 416 g/mol. The summed E-state index contributed by atoms with van der Waals surface area (Å²) in [5.74, 6) is 0.901. The minimum atomic E-state index is -0.213. The maximum Gasteiger partial charge on any atom is 0.258 e. The van der Waals surface area contributed by atoms with Gasteiger partial charge in [0.05, 0.1) is 0 Å². The molecule has 6 nitrogen and oxygen atoms in total. The molecule has 2 aromatic carbocycles. The summed E-state index contributed by atoms with van der Waals surface area (Å²) >= 11 is 7.76. The zero-order chi connectivity index (χ0) is 20.1. The molecule has 1 aromatic heterocycles. The van der Waals surface area contributed by atoms with Gasteiger partial charge in [0.15, 0.2) is 5.16 Å². The first-order valence-corrected chi connectivity index (χ1v) is 10.2. The van der Waals surface area contributed by atoms with Gasteiger partial charge in [0.1, 0.15) is 0 Å². The van der Waals surface area contributed by atoms with Crippen molar-refractivity contribution in [3.05, 3.63) is 64.7 Å². The van der Waals surface area contributed by atoms with Crippen molar-refractivity contribution in [2.24, 2.45) is 0 Å². The number of aromatic nitrogens is 3. The minimum absolute atomic E-state index is 0.213. The van der Waals surface area contributed by atoms with Gasteiger partial charge in [-0.1, -0.05) is 41.6 Å². The lowest BCUT2D eigenvalue weighted by Crippen LogP contribution is -2.16. The fourth-order valence-electron chi connectivity index (χ4n) is 2.62. The van der Waals surface area contributed by atoms with Crippen LogP contribution in [0.1, 0.15) is 22.8 Å². The summed E-state index contributed by atoms with van der Waals surface area (Å²) in [5, 5.41) is 12.7. The van der Waals surface area contributed by atoms with Crippen molar-refractivity contribution in [2.45, 2.75) is 24.4 Å². The topological polar surface area (TPSA) is 63.1 Å². The zero-order valence-electron chi connectivity index (χ0n) is 16.0. The van der Waals surface area contributed by atoms with Gasteiger partial charge in [0, 0.05) is 42.7 Å². The molecule has 0 fully saturated rings. The third-order valence-corrected chi connectivity index (χ3v) is 5.60. The molecule has 146 valence electrons. The van der Waals surface area contributed by atoms with Crippen LogP contribution in [0.15, 0.2) is 53.7 Å². The normalized spacial score (nSPS) is 10.7. The summed E-state index contributed by atoms with van der Waals surface area (Å²) < 4.78 is 1.88. The SMILES string of the molecule is CCn1c(NC(=O)c2ccc(N(C)C)cc2)nnc1SCc1ccccc1Cl. The number of nitrogens with one attached hydrogen (secondary N) is 1. The molecule has 0 atom stereocenters. The Hall–Kier alpha value is -2.51. The first-order chi connectivity index (χ1) is 13.5. The van der Waals surface area contributed by atoms with E-state index in [0.717, 1.165) is 21.4 Å². The van der Waals surface area contributed by atoms with Crippen LogP contribution in [-0.4, -0.2) is 34.8 Å². The van der Waals surface area contributed by atoms with E-state index in [-0.39, 0.29) is 5.91 Å². The molecule has 0 saturated carbocycles. The Morgan fingerprint density at radius 3 is 2.50 bits per heavy atom. The van der Waals surface area contributed by atoms with Gasteiger partial charge in [-0.15, -0.1) is 10.2 Å². The number of carbonyl (C=O) groups excluding carboxylic acids is 1. The summed E-state index contributed by atoms with van der Waals surface area (Å²) in [7, 11) is 3.92. The maximum absolute atomic E-state index is 12.6. The molecule has 0 aliphatic rings. The predicted octanol–water partition coefficient (Wildman–Crippen LogP) is 4.56. The number of thioether (sulfide) groups is 1. The van der Waals surface area contributed by atoms with Crippen LogP contribution in [0.4, 0.5) is 11.6 Å². The van der Waals surface area contributed by atoms with Crippen molar-refractivity contribution < 1.29 is 4.79 Å². The van der Waals surface area contributed by atoms with Crippen molar-refractivity contribution >= 4 is 40.9 Å². The fourth-order valence-corrected chi connectivity index (χ4v) is 3.90. The summed E-state index contributed by atoms with van der Waals surface area (Å²) in [6.45, 7) is 2.64. The van der Waals surface area contributed by atoms with Crippen LogP contribution >= 0.6 is 23.4 Å². The van der Waals surface area contributed by atoms with Gasteiger partial charge in [0.2, 0.25) is 5.95 Å². The second-order valence-electron chi connectivity index (χ2n) is 6.33. The number of amides is 1. The molecule has 0 radical (unpaired) electrons. The molecular formula is C20H22ClN5OS. The predicted molar refractivity (Wildman–Crippen MR) is 115 cm³/mol. The quantitative estimate of drug-likeness (QED) is 0.573. The summed E-state index contributed by atoms with van der Waals surface area (Å²) in [4.78, 5) is 14.6. The number of rotatable bonds is 7. The fraction of sp³-hybridized carbons (Fsp3) is 0.250. The summed E-state index contributed by atoms with van der Waals surface area (Å²) in [6.07, 6.45) is 0. The monoisotopic (exact) mass is 415 g/mol. The Bertz CT molecular complexity index is 955. The van der Waals surface area contributed by atoms with Crippen molar-refractivity contribution in [2.75, 3.05) is 24.3 Å².